The quantitative estimate of drug-likeness (QED) is 0.471. The fourth-order valence-electron chi connectivity index (χ4n) is 6.30. The molecule has 7 heteroatoms. The van der Waals surface area contributed by atoms with Crippen molar-refractivity contribution in [2.45, 2.75) is 81.8 Å². The van der Waals surface area contributed by atoms with Crippen LogP contribution in [0, 0.1) is 0 Å². The first kappa shape index (κ1) is 24.6. The first-order valence-corrected chi connectivity index (χ1v) is 13.6. The van der Waals surface area contributed by atoms with Gasteiger partial charge >= 0.3 is 0 Å². The lowest BCUT2D eigenvalue weighted by molar-refractivity contribution is -0.134. The number of hydrogen-bond donors (Lipinski definition) is 2. The van der Waals surface area contributed by atoms with Crippen LogP contribution in [0.3, 0.4) is 0 Å². The van der Waals surface area contributed by atoms with Gasteiger partial charge in [-0.2, -0.15) is 0 Å². The summed E-state index contributed by atoms with van der Waals surface area (Å²) in [7, 11) is 0. The van der Waals surface area contributed by atoms with E-state index in [0.717, 1.165) is 68.2 Å². The third-order valence-electron chi connectivity index (χ3n) is 7.94. The summed E-state index contributed by atoms with van der Waals surface area (Å²) >= 11 is 12.6. The number of benzene rings is 2. The molecule has 0 bridgehead atoms. The minimum Gasteiger partial charge on any atom is -0.352 e. The van der Waals surface area contributed by atoms with Gasteiger partial charge in [-0.15, -0.1) is 0 Å². The zero-order valence-corrected chi connectivity index (χ0v) is 21.5. The van der Waals surface area contributed by atoms with Gasteiger partial charge in [-0.1, -0.05) is 73.5 Å². The summed E-state index contributed by atoms with van der Waals surface area (Å²) in [5.74, 6) is -0.100. The molecule has 2 fully saturated rings. The molecule has 0 spiro atoms. The van der Waals surface area contributed by atoms with Gasteiger partial charge in [-0.25, -0.2) is 0 Å². The summed E-state index contributed by atoms with van der Waals surface area (Å²) in [5, 5.41) is 7.58. The highest BCUT2D eigenvalue weighted by molar-refractivity contribution is 6.31. The van der Waals surface area contributed by atoms with Crippen LogP contribution < -0.4 is 10.6 Å². The maximum absolute atomic E-state index is 14.0. The van der Waals surface area contributed by atoms with E-state index < -0.39 is 5.54 Å². The van der Waals surface area contributed by atoms with Gasteiger partial charge in [0.2, 0.25) is 11.8 Å². The van der Waals surface area contributed by atoms with Crippen LogP contribution in [0.5, 0.6) is 0 Å². The summed E-state index contributed by atoms with van der Waals surface area (Å²) in [5.41, 5.74) is 1.55. The average molecular weight is 514 g/mol. The molecule has 186 valence electrons. The fourth-order valence-corrected chi connectivity index (χ4v) is 6.68. The standard InChI is InChI=1S/C28H33Cl2N3O2/c29-20-8-6-7-19(15-20)17-28(24-14-13-21(30)16-25(24)32-27(28)35)33(23-11-4-5-12-23)18-26(34)31-22-9-2-1-3-10-22/h6-8,13-16,22-23H,1-5,9-12,17-18H2,(H,31,34)(H,32,35). The minimum absolute atomic E-state index is 0.00415. The highest BCUT2D eigenvalue weighted by Crippen LogP contribution is 2.46. The normalized spacial score (nSPS) is 22.9. The van der Waals surface area contributed by atoms with Crippen molar-refractivity contribution in [2.75, 3.05) is 11.9 Å². The van der Waals surface area contributed by atoms with Gasteiger partial charge in [0.15, 0.2) is 0 Å². The van der Waals surface area contributed by atoms with Gasteiger partial charge in [0, 0.05) is 39.8 Å². The Morgan fingerprint density at radius 2 is 1.69 bits per heavy atom. The maximum Gasteiger partial charge on any atom is 0.249 e. The number of carbonyl (C=O) groups excluding carboxylic acids is 2. The van der Waals surface area contributed by atoms with Crippen LogP contribution in [0.15, 0.2) is 42.5 Å². The molecule has 0 saturated heterocycles. The van der Waals surface area contributed by atoms with E-state index in [9.17, 15) is 9.59 Å². The Bertz CT molecular complexity index is 1100. The molecule has 2 aromatic rings. The topological polar surface area (TPSA) is 61.4 Å². The van der Waals surface area contributed by atoms with Crippen molar-refractivity contribution in [1.82, 2.24) is 10.2 Å². The van der Waals surface area contributed by atoms with Gasteiger partial charge in [0.25, 0.3) is 0 Å². The minimum atomic E-state index is -1.01. The predicted octanol–water partition coefficient (Wildman–Crippen LogP) is 6.08. The molecule has 3 aliphatic rings. The molecular formula is C28H33Cl2N3O2. The summed E-state index contributed by atoms with van der Waals surface area (Å²) in [6, 6.07) is 13.6. The highest BCUT2D eigenvalue weighted by atomic mass is 35.5. The van der Waals surface area contributed by atoms with Crippen molar-refractivity contribution in [3.63, 3.8) is 0 Å². The Morgan fingerprint density at radius 3 is 2.43 bits per heavy atom. The second kappa shape index (κ2) is 10.5. The van der Waals surface area contributed by atoms with E-state index in [4.69, 9.17) is 23.2 Å². The zero-order chi connectivity index (χ0) is 24.4. The zero-order valence-electron chi connectivity index (χ0n) is 20.0. The van der Waals surface area contributed by atoms with E-state index in [-0.39, 0.29) is 30.4 Å². The molecule has 2 saturated carbocycles. The highest BCUT2D eigenvalue weighted by Gasteiger charge is 2.54. The predicted molar refractivity (Wildman–Crippen MR) is 141 cm³/mol. The molecule has 5 rings (SSSR count). The molecule has 1 heterocycles. The van der Waals surface area contributed by atoms with Crippen molar-refractivity contribution in [3.05, 3.63) is 63.6 Å². The molecule has 5 nitrogen and oxygen atoms in total. The molecule has 1 aliphatic heterocycles. The van der Waals surface area contributed by atoms with Gasteiger partial charge < -0.3 is 10.6 Å². The van der Waals surface area contributed by atoms with Crippen LogP contribution in [0.1, 0.15) is 68.9 Å². The lowest BCUT2D eigenvalue weighted by Gasteiger charge is -2.43. The van der Waals surface area contributed by atoms with Crippen LogP contribution >= 0.6 is 23.2 Å². The summed E-state index contributed by atoms with van der Waals surface area (Å²) in [4.78, 5) is 29.6. The Labute approximate surface area is 217 Å². The lowest BCUT2D eigenvalue weighted by Crippen LogP contribution is -2.59. The van der Waals surface area contributed by atoms with E-state index in [1.165, 1.54) is 6.42 Å². The monoisotopic (exact) mass is 513 g/mol. The second-order valence-corrected chi connectivity index (χ2v) is 11.2. The number of hydrogen-bond acceptors (Lipinski definition) is 3. The van der Waals surface area contributed by atoms with Crippen LogP contribution in [0.2, 0.25) is 10.0 Å². The van der Waals surface area contributed by atoms with E-state index in [1.54, 1.807) is 0 Å². The van der Waals surface area contributed by atoms with Crippen molar-refractivity contribution in [1.29, 1.82) is 0 Å². The molecular weight excluding hydrogens is 481 g/mol. The van der Waals surface area contributed by atoms with Gasteiger partial charge in [0.1, 0.15) is 5.54 Å². The largest absolute Gasteiger partial charge is 0.352 e. The molecule has 2 amide bonds. The number of carbonyl (C=O) groups is 2. The Morgan fingerprint density at radius 1 is 0.971 bits per heavy atom. The lowest BCUT2D eigenvalue weighted by atomic mass is 9.81. The first-order chi connectivity index (χ1) is 17.0. The molecule has 0 radical (unpaired) electrons. The van der Waals surface area contributed by atoms with E-state index in [0.29, 0.717) is 16.5 Å². The first-order valence-electron chi connectivity index (χ1n) is 12.9. The van der Waals surface area contributed by atoms with Gasteiger partial charge in [0.05, 0.1) is 6.54 Å². The summed E-state index contributed by atoms with van der Waals surface area (Å²) < 4.78 is 0. The number of halogens is 2. The number of anilines is 1. The molecule has 1 unspecified atom stereocenters. The SMILES string of the molecule is O=C(CN(C1CCCC1)C1(Cc2cccc(Cl)c2)C(=O)Nc2cc(Cl)ccc21)NC1CCCCC1. The van der Waals surface area contributed by atoms with Crippen LogP contribution in [-0.2, 0) is 21.5 Å². The van der Waals surface area contributed by atoms with Gasteiger partial charge in [-0.05, 0) is 55.5 Å². The number of nitrogens with zero attached hydrogens (tertiary/aromatic N) is 1. The van der Waals surface area contributed by atoms with Crippen molar-refractivity contribution in [3.8, 4) is 0 Å². The molecule has 2 aliphatic carbocycles. The van der Waals surface area contributed by atoms with Crippen LogP contribution in [0.25, 0.3) is 0 Å². The fraction of sp³-hybridized carbons (Fsp3) is 0.500. The number of amides is 2. The third kappa shape index (κ3) is 5.09. The second-order valence-electron chi connectivity index (χ2n) is 10.3. The van der Waals surface area contributed by atoms with Crippen molar-refractivity contribution in [2.24, 2.45) is 0 Å². The van der Waals surface area contributed by atoms with E-state index in [1.807, 2.05) is 42.5 Å². The maximum atomic E-state index is 14.0. The third-order valence-corrected chi connectivity index (χ3v) is 8.41. The number of rotatable bonds is 7. The Balaban J connectivity index is 1.55. The number of nitrogens with one attached hydrogen (secondary N) is 2. The molecule has 35 heavy (non-hydrogen) atoms. The van der Waals surface area contributed by atoms with E-state index in [2.05, 4.69) is 15.5 Å². The molecule has 1 atom stereocenters. The Hall–Kier alpha value is -2.08. The van der Waals surface area contributed by atoms with Crippen LogP contribution in [-0.4, -0.2) is 35.3 Å². The molecule has 0 aromatic heterocycles. The Kier molecular flexibility index (Phi) is 7.38. The van der Waals surface area contributed by atoms with Crippen LogP contribution in [0.4, 0.5) is 5.69 Å². The smallest absolute Gasteiger partial charge is 0.249 e. The van der Waals surface area contributed by atoms with E-state index >= 15 is 0 Å². The van der Waals surface area contributed by atoms with Crippen molar-refractivity contribution >= 4 is 40.7 Å². The van der Waals surface area contributed by atoms with Crippen molar-refractivity contribution < 1.29 is 9.59 Å². The van der Waals surface area contributed by atoms with Gasteiger partial charge in [-0.3, -0.25) is 14.5 Å². The summed E-state index contributed by atoms with van der Waals surface area (Å²) in [6.45, 7) is 0.192. The average Bonchev–Trinajstić information content (AvgIpc) is 3.45. The number of fused-ring (bicyclic) bond motifs is 1. The molecule has 2 N–H and O–H groups in total. The molecule has 2 aromatic carbocycles. The summed E-state index contributed by atoms with van der Waals surface area (Å²) in [6.07, 6.45) is 10.2.